The lowest BCUT2D eigenvalue weighted by molar-refractivity contribution is 0.252. The molecule has 0 fully saturated rings. The van der Waals surface area contributed by atoms with E-state index in [2.05, 4.69) is 4.72 Å². The molecule has 2 aromatic rings. The molecule has 114 valence electrons. The first-order chi connectivity index (χ1) is 9.92. The van der Waals surface area contributed by atoms with E-state index in [1.54, 1.807) is 12.1 Å². The van der Waals surface area contributed by atoms with Crippen LogP contribution in [-0.4, -0.2) is 19.3 Å². The molecule has 0 unspecified atom stereocenters. The second kappa shape index (κ2) is 6.73. The maximum absolute atomic E-state index is 12.5. The molecular weight excluding hydrogens is 340 g/mol. The first-order valence-corrected chi connectivity index (χ1v) is 8.91. The summed E-state index contributed by atoms with van der Waals surface area (Å²) in [7, 11) is -3.86. The van der Waals surface area contributed by atoms with Crippen LogP contribution >= 0.6 is 23.1 Å². The summed E-state index contributed by atoms with van der Waals surface area (Å²) in [5.41, 5.74) is 0.581. The Morgan fingerprint density at radius 3 is 2.67 bits per heavy atom. The van der Waals surface area contributed by atoms with Gasteiger partial charge in [-0.2, -0.15) is 8.78 Å². The second-order valence-electron chi connectivity index (χ2n) is 3.91. The zero-order chi connectivity index (χ0) is 15.5. The molecule has 0 spiro atoms. The number of alkyl halides is 2. The van der Waals surface area contributed by atoms with Crippen molar-refractivity contribution >= 4 is 38.8 Å². The third kappa shape index (κ3) is 4.16. The molecular formula is C12H11F2NO3S3. The predicted molar refractivity (Wildman–Crippen MR) is 79.4 cm³/mol. The number of aliphatic hydroxyl groups excluding tert-OH is 1. The van der Waals surface area contributed by atoms with Crippen molar-refractivity contribution in [2.24, 2.45) is 0 Å². The van der Waals surface area contributed by atoms with E-state index in [0.29, 0.717) is 5.56 Å². The van der Waals surface area contributed by atoms with E-state index in [4.69, 9.17) is 5.11 Å². The summed E-state index contributed by atoms with van der Waals surface area (Å²) in [5, 5.41) is 10.5. The van der Waals surface area contributed by atoms with Gasteiger partial charge in [-0.05, 0) is 29.1 Å². The predicted octanol–water partition coefficient (Wildman–Crippen LogP) is 3.36. The summed E-state index contributed by atoms with van der Waals surface area (Å²) in [4.78, 5) is 0.148. The molecule has 0 saturated carbocycles. The molecule has 0 radical (unpaired) electrons. The lowest BCUT2D eigenvalue weighted by atomic mass is 10.3. The van der Waals surface area contributed by atoms with Crippen LogP contribution in [0, 0.1) is 0 Å². The Kier molecular flexibility index (Phi) is 5.20. The zero-order valence-electron chi connectivity index (χ0n) is 10.5. The SMILES string of the molecule is O=S(=O)(Nc1ccccc1SC(F)F)c1cc(CO)cs1. The highest BCUT2D eigenvalue weighted by Gasteiger charge is 2.19. The number of hydrogen-bond acceptors (Lipinski definition) is 5. The minimum Gasteiger partial charge on any atom is -0.392 e. The number of sulfonamides is 1. The molecule has 2 N–H and O–H groups in total. The van der Waals surface area contributed by atoms with Crippen LogP contribution < -0.4 is 4.72 Å². The topological polar surface area (TPSA) is 66.4 Å². The van der Waals surface area contributed by atoms with Gasteiger partial charge in [0.15, 0.2) is 0 Å². The molecule has 0 aliphatic heterocycles. The van der Waals surface area contributed by atoms with Gasteiger partial charge in [0.05, 0.1) is 12.3 Å². The van der Waals surface area contributed by atoms with Crippen LogP contribution in [0.2, 0.25) is 0 Å². The normalized spacial score (nSPS) is 11.8. The Hall–Kier alpha value is -1.16. The number of nitrogens with one attached hydrogen (secondary N) is 1. The second-order valence-corrected chi connectivity index (χ2v) is 7.76. The van der Waals surface area contributed by atoms with Gasteiger partial charge in [-0.3, -0.25) is 4.72 Å². The van der Waals surface area contributed by atoms with Gasteiger partial charge < -0.3 is 5.11 Å². The van der Waals surface area contributed by atoms with Crippen LogP contribution in [0.3, 0.4) is 0 Å². The monoisotopic (exact) mass is 351 g/mol. The van der Waals surface area contributed by atoms with Crippen molar-refractivity contribution in [1.82, 2.24) is 0 Å². The third-order valence-corrected chi connectivity index (χ3v) is 6.07. The van der Waals surface area contributed by atoms with Gasteiger partial charge in [0.25, 0.3) is 15.8 Å². The van der Waals surface area contributed by atoms with Crippen molar-refractivity contribution in [2.75, 3.05) is 4.72 Å². The number of para-hydroxylation sites is 1. The molecule has 21 heavy (non-hydrogen) atoms. The number of aliphatic hydroxyl groups is 1. The molecule has 0 atom stereocenters. The summed E-state index contributed by atoms with van der Waals surface area (Å²) in [5.74, 6) is -2.64. The van der Waals surface area contributed by atoms with Gasteiger partial charge in [0.1, 0.15) is 4.21 Å². The molecule has 1 aromatic heterocycles. The van der Waals surface area contributed by atoms with E-state index in [1.165, 1.54) is 23.6 Å². The maximum atomic E-state index is 12.5. The van der Waals surface area contributed by atoms with Crippen LogP contribution in [0.15, 0.2) is 44.8 Å². The maximum Gasteiger partial charge on any atom is 0.288 e. The van der Waals surface area contributed by atoms with Crippen LogP contribution in [0.25, 0.3) is 0 Å². The summed E-state index contributed by atoms with van der Waals surface area (Å²) < 4.78 is 51.6. The summed E-state index contributed by atoms with van der Waals surface area (Å²) >= 11 is 1.23. The summed E-state index contributed by atoms with van der Waals surface area (Å²) in [6.07, 6.45) is 0. The Morgan fingerprint density at radius 2 is 2.05 bits per heavy atom. The molecule has 0 aliphatic carbocycles. The van der Waals surface area contributed by atoms with Crippen molar-refractivity contribution in [3.05, 3.63) is 41.3 Å². The van der Waals surface area contributed by atoms with Crippen LogP contribution in [0.4, 0.5) is 14.5 Å². The molecule has 9 heteroatoms. The Bertz CT molecular complexity index is 716. The minimum atomic E-state index is -3.86. The molecule has 0 amide bonds. The molecule has 0 bridgehead atoms. The molecule has 4 nitrogen and oxygen atoms in total. The van der Waals surface area contributed by atoms with E-state index in [1.807, 2.05) is 0 Å². The van der Waals surface area contributed by atoms with Gasteiger partial charge in [0, 0.05) is 4.90 Å². The number of halogens is 2. The van der Waals surface area contributed by atoms with Crippen molar-refractivity contribution in [1.29, 1.82) is 0 Å². The van der Waals surface area contributed by atoms with E-state index in [-0.39, 0.29) is 33.2 Å². The average Bonchev–Trinajstić information content (AvgIpc) is 2.90. The average molecular weight is 351 g/mol. The van der Waals surface area contributed by atoms with Gasteiger partial charge in [-0.15, -0.1) is 11.3 Å². The van der Waals surface area contributed by atoms with Gasteiger partial charge in [-0.1, -0.05) is 23.9 Å². The van der Waals surface area contributed by atoms with Crippen LogP contribution in [0.5, 0.6) is 0 Å². The third-order valence-electron chi connectivity index (χ3n) is 2.42. The van der Waals surface area contributed by atoms with Crippen LogP contribution in [0.1, 0.15) is 5.56 Å². The van der Waals surface area contributed by atoms with Crippen molar-refractivity contribution < 1.29 is 22.3 Å². The lowest BCUT2D eigenvalue weighted by Gasteiger charge is -2.10. The molecule has 2 rings (SSSR count). The number of hydrogen-bond donors (Lipinski definition) is 2. The molecule has 1 aromatic carbocycles. The fourth-order valence-corrected chi connectivity index (χ4v) is 4.46. The highest BCUT2D eigenvalue weighted by Crippen LogP contribution is 2.33. The standard InChI is InChI=1S/C12H11F2NO3S3/c13-12(14)20-10-4-2-1-3-9(10)15-21(17,18)11-5-8(6-16)7-19-11/h1-5,7,12,15-16H,6H2. The number of benzene rings is 1. The summed E-state index contributed by atoms with van der Waals surface area (Å²) in [6.45, 7) is -0.260. The van der Waals surface area contributed by atoms with Gasteiger partial charge >= 0.3 is 0 Å². The van der Waals surface area contributed by atoms with Gasteiger partial charge in [-0.25, -0.2) is 8.42 Å². The first-order valence-electron chi connectivity index (χ1n) is 5.67. The molecule has 0 saturated heterocycles. The van der Waals surface area contributed by atoms with E-state index >= 15 is 0 Å². The fraction of sp³-hybridized carbons (Fsp3) is 0.167. The van der Waals surface area contributed by atoms with E-state index in [9.17, 15) is 17.2 Å². The quantitative estimate of drug-likeness (QED) is 0.783. The number of thiophene rings is 1. The highest BCUT2D eigenvalue weighted by atomic mass is 32.2. The Morgan fingerprint density at radius 1 is 1.33 bits per heavy atom. The number of anilines is 1. The number of rotatable bonds is 6. The molecule has 0 aliphatic rings. The lowest BCUT2D eigenvalue weighted by Crippen LogP contribution is -2.12. The van der Waals surface area contributed by atoms with Crippen molar-refractivity contribution in [2.45, 2.75) is 21.5 Å². The minimum absolute atomic E-state index is 0.0170. The smallest absolute Gasteiger partial charge is 0.288 e. The Balaban J connectivity index is 2.28. The number of thioether (sulfide) groups is 1. The van der Waals surface area contributed by atoms with Crippen LogP contribution in [-0.2, 0) is 16.6 Å². The largest absolute Gasteiger partial charge is 0.392 e. The molecule has 1 heterocycles. The van der Waals surface area contributed by atoms with E-state index in [0.717, 1.165) is 11.3 Å². The summed E-state index contributed by atoms with van der Waals surface area (Å²) in [6, 6.07) is 7.29. The van der Waals surface area contributed by atoms with Crippen molar-refractivity contribution in [3.8, 4) is 0 Å². The Labute approximate surface area is 128 Å². The first kappa shape index (κ1) is 16.2. The zero-order valence-corrected chi connectivity index (χ0v) is 12.9. The van der Waals surface area contributed by atoms with Gasteiger partial charge in [0.2, 0.25) is 0 Å². The van der Waals surface area contributed by atoms with Crippen molar-refractivity contribution in [3.63, 3.8) is 0 Å². The van der Waals surface area contributed by atoms with E-state index < -0.39 is 15.8 Å². The highest BCUT2D eigenvalue weighted by molar-refractivity contribution is 8.00. The fourth-order valence-electron chi connectivity index (χ4n) is 1.52.